The lowest BCUT2D eigenvalue weighted by Crippen LogP contribution is -2.03. The summed E-state index contributed by atoms with van der Waals surface area (Å²) in [6.07, 6.45) is 0. The molecule has 0 N–H and O–H groups in total. The second-order valence-corrected chi connectivity index (χ2v) is 7.35. The van der Waals surface area contributed by atoms with Gasteiger partial charge in [-0.3, -0.25) is 0 Å². The van der Waals surface area contributed by atoms with Crippen molar-refractivity contribution in [2.75, 3.05) is 0 Å². The Morgan fingerprint density at radius 2 is 1.95 bits per heavy atom. The van der Waals surface area contributed by atoms with Crippen molar-refractivity contribution in [3.8, 4) is 5.69 Å². The molecule has 4 nitrogen and oxygen atoms in total. The molecular weight excluding hydrogens is 324 g/mol. The van der Waals surface area contributed by atoms with E-state index in [1.807, 2.05) is 22.9 Å². The molecule has 0 unspecified atom stereocenters. The number of para-hydroxylation sites is 1. The number of aromatic nitrogens is 4. The van der Waals surface area contributed by atoms with Crippen LogP contribution in [0.25, 0.3) is 5.69 Å². The molecule has 7 heteroatoms. The molecule has 0 bridgehead atoms. The average molecular weight is 337 g/mol. The van der Waals surface area contributed by atoms with Crippen molar-refractivity contribution >= 4 is 34.7 Å². The van der Waals surface area contributed by atoms with Crippen molar-refractivity contribution in [3.63, 3.8) is 0 Å². The van der Waals surface area contributed by atoms with Crippen LogP contribution in [0.4, 0.5) is 0 Å². The molecule has 108 valence electrons. The van der Waals surface area contributed by atoms with Gasteiger partial charge in [0.25, 0.3) is 0 Å². The molecule has 0 aliphatic heterocycles. The fraction of sp³-hybridized carbons (Fsp3) is 0.214. The summed E-state index contributed by atoms with van der Waals surface area (Å²) in [7, 11) is 0. The first kappa shape index (κ1) is 14.6. The summed E-state index contributed by atoms with van der Waals surface area (Å²) in [5.74, 6) is 0.808. The van der Waals surface area contributed by atoms with Gasteiger partial charge in [-0.15, -0.1) is 16.4 Å². The number of thioether (sulfide) groups is 1. The lowest BCUT2D eigenvalue weighted by Gasteiger charge is -2.10. The van der Waals surface area contributed by atoms with Gasteiger partial charge in [0.2, 0.25) is 5.16 Å². The highest BCUT2D eigenvalue weighted by molar-refractivity contribution is 7.98. The van der Waals surface area contributed by atoms with Gasteiger partial charge in [0.1, 0.15) is 0 Å². The van der Waals surface area contributed by atoms with Crippen molar-refractivity contribution < 1.29 is 0 Å². The summed E-state index contributed by atoms with van der Waals surface area (Å²) in [5.41, 5.74) is 3.36. The Labute approximate surface area is 136 Å². The molecule has 0 saturated heterocycles. The largest absolute Gasteiger partial charge is 0.214 e. The topological polar surface area (TPSA) is 43.6 Å². The fourth-order valence-corrected chi connectivity index (χ4v) is 4.12. The van der Waals surface area contributed by atoms with Crippen LogP contribution < -0.4 is 0 Å². The van der Waals surface area contributed by atoms with Gasteiger partial charge in [0.15, 0.2) is 0 Å². The minimum absolute atomic E-state index is 0.789. The zero-order valence-electron chi connectivity index (χ0n) is 11.6. The zero-order valence-corrected chi connectivity index (χ0v) is 14.0. The van der Waals surface area contributed by atoms with E-state index in [4.69, 9.17) is 11.6 Å². The van der Waals surface area contributed by atoms with E-state index in [-0.39, 0.29) is 0 Å². The molecular formula is C14H13ClN4S2. The number of thiophene rings is 1. The summed E-state index contributed by atoms with van der Waals surface area (Å²) in [4.78, 5) is 1.21. The second kappa shape index (κ2) is 6.17. The fourth-order valence-electron chi connectivity index (χ4n) is 2.11. The lowest BCUT2D eigenvalue weighted by atomic mass is 10.1. The Balaban J connectivity index is 1.87. The second-order valence-electron chi connectivity index (χ2n) is 4.61. The molecule has 3 aromatic rings. The van der Waals surface area contributed by atoms with Gasteiger partial charge in [0, 0.05) is 10.6 Å². The van der Waals surface area contributed by atoms with Crippen molar-refractivity contribution in [1.82, 2.24) is 20.2 Å². The Kier molecular flexibility index (Phi) is 4.28. The first-order valence-corrected chi connectivity index (χ1v) is 8.55. The van der Waals surface area contributed by atoms with Crippen LogP contribution in [0.5, 0.6) is 0 Å². The molecule has 2 aromatic heterocycles. The number of hydrogen-bond donors (Lipinski definition) is 0. The van der Waals surface area contributed by atoms with Crippen LogP contribution in [0.1, 0.15) is 16.0 Å². The highest BCUT2D eigenvalue weighted by atomic mass is 35.5. The van der Waals surface area contributed by atoms with E-state index in [0.717, 1.165) is 32.1 Å². The van der Waals surface area contributed by atoms with Crippen LogP contribution >= 0.6 is 34.7 Å². The number of hydrogen-bond acceptors (Lipinski definition) is 5. The molecule has 0 spiro atoms. The standard InChI is InChI=1S/C14H13ClN4S2/c1-9-4-3-5-10(2)13(9)19-14(16-17-18-19)20-8-11-6-7-12(15)21-11/h3-7H,8H2,1-2H3. The minimum atomic E-state index is 0.789. The van der Waals surface area contributed by atoms with Crippen LogP contribution in [0.15, 0.2) is 35.5 Å². The number of nitrogens with zero attached hydrogens (tertiary/aromatic N) is 4. The van der Waals surface area contributed by atoms with Crippen LogP contribution in [0, 0.1) is 13.8 Å². The quantitative estimate of drug-likeness (QED) is 0.667. The van der Waals surface area contributed by atoms with E-state index >= 15 is 0 Å². The third kappa shape index (κ3) is 3.12. The minimum Gasteiger partial charge on any atom is -0.187 e. The molecule has 2 heterocycles. The third-order valence-corrected chi connectivity index (χ3v) is 5.45. The number of halogens is 1. The van der Waals surface area contributed by atoms with Crippen molar-refractivity contribution in [3.05, 3.63) is 50.7 Å². The van der Waals surface area contributed by atoms with E-state index in [1.165, 1.54) is 4.88 Å². The van der Waals surface area contributed by atoms with Crippen LogP contribution in [-0.2, 0) is 5.75 Å². The smallest absolute Gasteiger partial charge is 0.187 e. The number of tetrazole rings is 1. The van der Waals surface area contributed by atoms with E-state index in [0.29, 0.717) is 0 Å². The highest BCUT2D eigenvalue weighted by Crippen LogP contribution is 2.29. The van der Waals surface area contributed by atoms with Gasteiger partial charge >= 0.3 is 0 Å². The molecule has 0 radical (unpaired) electrons. The summed E-state index contributed by atoms with van der Waals surface area (Å²) in [5, 5.41) is 12.9. The summed E-state index contributed by atoms with van der Waals surface area (Å²) in [6, 6.07) is 10.1. The maximum atomic E-state index is 5.95. The van der Waals surface area contributed by atoms with E-state index in [1.54, 1.807) is 23.1 Å². The van der Waals surface area contributed by atoms with Crippen LogP contribution in [0.3, 0.4) is 0 Å². The first-order chi connectivity index (χ1) is 10.1. The molecule has 0 saturated carbocycles. The molecule has 0 aliphatic rings. The van der Waals surface area contributed by atoms with Gasteiger partial charge in [-0.05, 0) is 47.5 Å². The van der Waals surface area contributed by atoms with Crippen LogP contribution in [0.2, 0.25) is 4.34 Å². The molecule has 0 atom stereocenters. The van der Waals surface area contributed by atoms with Gasteiger partial charge in [-0.2, -0.15) is 4.68 Å². The summed E-state index contributed by atoms with van der Waals surface area (Å²) >= 11 is 9.15. The Morgan fingerprint density at radius 3 is 2.62 bits per heavy atom. The predicted molar refractivity (Wildman–Crippen MR) is 87.5 cm³/mol. The molecule has 21 heavy (non-hydrogen) atoms. The Hall–Kier alpha value is -1.37. The number of rotatable bonds is 4. The predicted octanol–water partition coefficient (Wildman–Crippen LogP) is 4.29. The Bertz CT molecular complexity index is 746. The van der Waals surface area contributed by atoms with E-state index < -0.39 is 0 Å². The molecule has 0 aliphatic carbocycles. The maximum Gasteiger partial charge on any atom is 0.214 e. The van der Waals surface area contributed by atoms with Crippen molar-refractivity contribution in [2.45, 2.75) is 24.8 Å². The van der Waals surface area contributed by atoms with Crippen molar-refractivity contribution in [1.29, 1.82) is 0 Å². The summed E-state index contributed by atoms with van der Waals surface area (Å²) < 4.78 is 2.62. The Morgan fingerprint density at radius 1 is 1.19 bits per heavy atom. The number of benzene rings is 1. The summed E-state index contributed by atoms with van der Waals surface area (Å²) in [6.45, 7) is 4.13. The highest BCUT2D eigenvalue weighted by Gasteiger charge is 2.13. The molecule has 0 amide bonds. The van der Waals surface area contributed by atoms with E-state index in [2.05, 4.69) is 41.5 Å². The molecule has 3 rings (SSSR count). The molecule has 0 fully saturated rings. The van der Waals surface area contributed by atoms with Gasteiger partial charge < -0.3 is 0 Å². The van der Waals surface area contributed by atoms with Gasteiger partial charge in [-0.25, -0.2) is 0 Å². The average Bonchev–Trinajstić information content (AvgIpc) is 3.05. The maximum absolute atomic E-state index is 5.95. The lowest BCUT2D eigenvalue weighted by molar-refractivity contribution is 0.747. The third-order valence-electron chi connectivity index (χ3n) is 3.06. The van der Waals surface area contributed by atoms with Gasteiger partial charge in [-0.1, -0.05) is 41.6 Å². The first-order valence-electron chi connectivity index (χ1n) is 6.37. The number of aryl methyl sites for hydroxylation is 2. The van der Waals surface area contributed by atoms with E-state index in [9.17, 15) is 0 Å². The molecule has 1 aromatic carbocycles. The normalized spacial score (nSPS) is 11.0. The monoisotopic (exact) mass is 336 g/mol. The van der Waals surface area contributed by atoms with Gasteiger partial charge in [0.05, 0.1) is 10.0 Å². The SMILES string of the molecule is Cc1cccc(C)c1-n1nnnc1SCc1ccc(Cl)s1. The zero-order chi connectivity index (χ0) is 14.8. The van der Waals surface area contributed by atoms with Crippen molar-refractivity contribution in [2.24, 2.45) is 0 Å². The van der Waals surface area contributed by atoms with Crippen LogP contribution in [-0.4, -0.2) is 20.2 Å².